The fourth-order valence-electron chi connectivity index (χ4n) is 2.01. The Kier molecular flexibility index (Phi) is 4.94. The van der Waals surface area contributed by atoms with Gasteiger partial charge in [0.2, 0.25) is 0 Å². The fourth-order valence-corrected chi connectivity index (χ4v) is 2.01. The zero-order chi connectivity index (χ0) is 14.4. The second-order valence-corrected chi connectivity index (χ2v) is 4.76. The molecule has 8 nitrogen and oxygen atoms in total. The van der Waals surface area contributed by atoms with Crippen LogP contribution >= 0.6 is 0 Å². The Hall–Kier alpha value is -2.09. The molecule has 1 aliphatic heterocycles. The van der Waals surface area contributed by atoms with Crippen LogP contribution in [0.2, 0.25) is 0 Å². The Bertz CT molecular complexity index is 442. The van der Waals surface area contributed by atoms with E-state index >= 15 is 0 Å². The van der Waals surface area contributed by atoms with Gasteiger partial charge in [0.1, 0.15) is 6.04 Å². The van der Waals surface area contributed by atoms with Crippen LogP contribution in [-0.2, 0) is 16.0 Å². The number of imidazole rings is 1. The van der Waals surface area contributed by atoms with Crippen molar-refractivity contribution in [1.82, 2.24) is 20.6 Å². The molecular formula is C12H18N4O4. The van der Waals surface area contributed by atoms with Crippen molar-refractivity contribution < 1.29 is 19.4 Å². The van der Waals surface area contributed by atoms with E-state index in [-0.39, 0.29) is 6.42 Å². The van der Waals surface area contributed by atoms with Crippen molar-refractivity contribution in [3.8, 4) is 0 Å². The molecule has 1 aromatic heterocycles. The third-order valence-corrected chi connectivity index (χ3v) is 3.16. The van der Waals surface area contributed by atoms with Crippen molar-refractivity contribution in [2.45, 2.75) is 18.9 Å². The predicted molar refractivity (Wildman–Crippen MR) is 69.2 cm³/mol. The number of aromatic amines is 1. The molecule has 0 radical (unpaired) electrons. The number of aliphatic carboxylic acids is 1. The van der Waals surface area contributed by atoms with E-state index in [0.29, 0.717) is 31.4 Å². The van der Waals surface area contributed by atoms with E-state index < -0.39 is 18.0 Å². The van der Waals surface area contributed by atoms with Gasteiger partial charge in [-0.3, -0.25) is 0 Å². The molecule has 2 amide bonds. The first kappa shape index (κ1) is 14.3. The fraction of sp³-hybridized carbons (Fsp3) is 0.583. The largest absolute Gasteiger partial charge is 0.480 e. The van der Waals surface area contributed by atoms with Crippen LogP contribution in [0.4, 0.5) is 4.79 Å². The highest BCUT2D eigenvalue weighted by atomic mass is 16.5. The van der Waals surface area contributed by atoms with Crippen LogP contribution in [0, 0.1) is 5.92 Å². The highest BCUT2D eigenvalue weighted by Crippen LogP contribution is 2.10. The van der Waals surface area contributed by atoms with Gasteiger partial charge in [-0.25, -0.2) is 14.6 Å². The first-order valence-corrected chi connectivity index (χ1v) is 6.47. The summed E-state index contributed by atoms with van der Waals surface area (Å²) >= 11 is 0. The number of carbonyl (C=O) groups is 2. The molecule has 1 aliphatic rings. The van der Waals surface area contributed by atoms with E-state index in [1.54, 1.807) is 0 Å². The second kappa shape index (κ2) is 6.90. The molecule has 1 fully saturated rings. The van der Waals surface area contributed by atoms with Crippen molar-refractivity contribution in [2.24, 2.45) is 5.92 Å². The number of nitrogens with one attached hydrogen (secondary N) is 3. The Morgan fingerprint density at radius 2 is 2.45 bits per heavy atom. The van der Waals surface area contributed by atoms with Gasteiger partial charge in [-0.1, -0.05) is 0 Å². The zero-order valence-electron chi connectivity index (χ0n) is 11.0. The molecule has 110 valence electrons. The lowest BCUT2D eigenvalue weighted by molar-refractivity contribution is -0.139. The minimum absolute atomic E-state index is 0.162. The molecule has 0 aromatic carbocycles. The summed E-state index contributed by atoms with van der Waals surface area (Å²) < 4.78 is 5.20. The topological polar surface area (TPSA) is 116 Å². The van der Waals surface area contributed by atoms with E-state index in [1.807, 2.05) is 0 Å². The number of H-pyrrole nitrogens is 1. The van der Waals surface area contributed by atoms with Gasteiger partial charge in [0.15, 0.2) is 0 Å². The smallest absolute Gasteiger partial charge is 0.326 e. The normalized spacial score (nSPS) is 19.5. The third-order valence-electron chi connectivity index (χ3n) is 3.16. The number of nitrogens with zero attached hydrogens (tertiary/aromatic N) is 1. The number of hydrogen-bond donors (Lipinski definition) is 4. The summed E-state index contributed by atoms with van der Waals surface area (Å²) in [4.78, 5) is 29.4. The molecule has 0 bridgehead atoms. The van der Waals surface area contributed by atoms with Gasteiger partial charge in [-0.05, 0) is 6.42 Å². The van der Waals surface area contributed by atoms with Gasteiger partial charge in [-0.15, -0.1) is 0 Å². The lowest BCUT2D eigenvalue weighted by Gasteiger charge is -2.15. The van der Waals surface area contributed by atoms with Crippen LogP contribution in [0.1, 0.15) is 12.1 Å². The van der Waals surface area contributed by atoms with Crippen LogP contribution in [0.25, 0.3) is 0 Å². The van der Waals surface area contributed by atoms with Crippen LogP contribution in [-0.4, -0.2) is 52.9 Å². The average molecular weight is 282 g/mol. The first-order chi connectivity index (χ1) is 9.65. The molecule has 0 saturated carbocycles. The summed E-state index contributed by atoms with van der Waals surface area (Å²) in [6.45, 7) is 1.84. The number of ether oxygens (including phenoxy) is 1. The number of carboxylic acid groups (broad SMARTS) is 1. The number of carbonyl (C=O) groups excluding carboxylic acids is 1. The monoisotopic (exact) mass is 282 g/mol. The van der Waals surface area contributed by atoms with Crippen LogP contribution < -0.4 is 10.6 Å². The molecule has 4 N–H and O–H groups in total. The van der Waals surface area contributed by atoms with Crippen LogP contribution in [0.15, 0.2) is 12.5 Å². The number of rotatable bonds is 6. The second-order valence-electron chi connectivity index (χ2n) is 4.76. The number of amides is 2. The lowest BCUT2D eigenvalue weighted by Crippen LogP contribution is -2.48. The molecule has 2 rings (SSSR count). The molecule has 2 heterocycles. The van der Waals surface area contributed by atoms with Gasteiger partial charge in [0, 0.05) is 37.4 Å². The quantitative estimate of drug-likeness (QED) is 0.573. The van der Waals surface area contributed by atoms with Crippen LogP contribution in [0.3, 0.4) is 0 Å². The Labute approximate surface area is 115 Å². The molecule has 8 heteroatoms. The first-order valence-electron chi connectivity index (χ1n) is 6.47. The SMILES string of the molecule is O=C(NCC1CCOC1)N[C@H](Cc1cnc[nH]1)C(=O)O. The number of hydrogen-bond acceptors (Lipinski definition) is 4. The highest BCUT2D eigenvalue weighted by Gasteiger charge is 2.22. The minimum atomic E-state index is -1.08. The third kappa shape index (κ3) is 4.23. The van der Waals surface area contributed by atoms with Gasteiger partial charge >= 0.3 is 12.0 Å². The predicted octanol–water partition coefficient (Wildman–Crippen LogP) is -0.259. The molecule has 0 aliphatic carbocycles. The molecule has 1 saturated heterocycles. The Morgan fingerprint density at radius 1 is 1.60 bits per heavy atom. The van der Waals surface area contributed by atoms with E-state index in [1.165, 1.54) is 12.5 Å². The van der Waals surface area contributed by atoms with E-state index in [0.717, 1.165) is 6.42 Å². The summed E-state index contributed by atoms with van der Waals surface area (Å²) in [5.74, 6) is -0.782. The van der Waals surface area contributed by atoms with Gasteiger partial charge in [-0.2, -0.15) is 0 Å². The van der Waals surface area contributed by atoms with Crippen molar-refractivity contribution in [1.29, 1.82) is 0 Å². The molecule has 2 atom stereocenters. The van der Waals surface area contributed by atoms with Crippen LogP contribution in [0.5, 0.6) is 0 Å². The van der Waals surface area contributed by atoms with Crippen molar-refractivity contribution in [3.05, 3.63) is 18.2 Å². The standard InChI is InChI=1S/C12H18N4O4/c17-11(18)10(3-9-5-13-7-15-9)16-12(19)14-4-8-1-2-20-6-8/h5,7-8,10H,1-4,6H2,(H,13,15)(H,17,18)(H2,14,16,19)/t8?,10-/m1/s1. The summed E-state index contributed by atoms with van der Waals surface area (Å²) in [7, 11) is 0. The molecule has 0 spiro atoms. The van der Waals surface area contributed by atoms with Crippen molar-refractivity contribution in [2.75, 3.05) is 19.8 Å². The summed E-state index contributed by atoms with van der Waals surface area (Å²) in [5, 5.41) is 14.2. The van der Waals surface area contributed by atoms with E-state index in [2.05, 4.69) is 20.6 Å². The maximum atomic E-state index is 11.7. The van der Waals surface area contributed by atoms with Gasteiger partial charge < -0.3 is 25.5 Å². The van der Waals surface area contributed by atoms with E-state index in [4.69, 9.17) is 9.84 Å². The summed E-state index contributed by atoms with van der Waals surface area (Å²) in [5.41, 5.74) is 0.655. The molecule has 20 heavy (non-hydrogen) atoms. The van der Waals surface area contributed by atoms with E-state index in [9.17, 15) is 9.59 Å². The van der Waals surface area contributed by atoms with Crippen molar-refractivity contribution in [3.63, 3.8) is 0 Å². The number of aromatic nitrogens is 2. The maximum absolute atomic E-state index is 11.7. The minimum Gasteiger partial charge on any atom is -0.480 e. The maximum Gasteiger partial charge on any atom is 0.326 e. The number of urea groups is 1. The van der Waals surface area contributed by atoms with Crippen molar-refractivity contribution >= 4 is 12.0 Å². The molecular weight excluding hydrogens is 264 g/mol. The molecule has 1 aromatic rings. The summed E-state index contributed by atoms with van der Waals surface area (Å²) in [6, 6.07) is -1.47. The Morgan fingerprint density at radius 3 is 3.05 bits per heavy atom. The zero-order valence-corrected chi connectivity index (χ0v) is 11.0. The number of carboxylic acids is 1. The van der Waals surface area contributed by atoms with Gasteiger partial charge in [0.25, 0.3) is 0 Å². The summed E-state index contributed by atoms with van der Waals surface area (Å²) in [6.07, 6.45) is 4.08. The highest BCUT2D eigenvalue weighted by molar-refractivity contribution is 5.82. The lowest BCUT2D eigenvalue weighted by atomic mass is 10.1. The van der Waals surface area contributed by atoms with Gasteiger partial charge in [0.05, 0.1) is 12.9 Å². The average Bonchev–Trinajstić information content (AvgIpc) is 3.08. The Balaban J connectivity index is 1.78. The molecule has 1 unspecified atom stereocenters.